The quantitative estimate of drug-likeness (QED) is 0.357. The van der Waals surface area contributed by atoms with Gasteiger partial charge in [-0.2, -0.15) is 0 Å². The van der Waals surface area contributed by atoms with Gasteiger partial charge in [0.25, 0.3) is 0 Å². The maximum absolute atomic E-state index is 7.75. The maximum Gasteiger partial charge on any atom is 0.149 e. The Balaban J connectivity index is 1.33. The van der Waals surface area contributed by atoms with Crippen molar-refractivity contribution in [3.8, 4) is 0 Å². The predicted octanol–water partition coefficient (Wildman–Crippen LogP) is 8.33. The van der Waals surface area contributed by atoms with Crippen molar-refractivity contribution >= 4 is 23.2 Å². The zero-order valence-electron chi connectivity index (χ0n) is 20.2. The average Bonchev–Trinajstić information content (AvgIpc) is 2.65. The molecule has 0 aromatic carbocycles. The molecule has 0 amide bonds. The highest BCUT2D eigenvalue weighted by atomic mass is 35.5. The first-order chi connectivity index (χ1) is 14.7. The lowest BCUT2D eigenvalue weighted by Crippen LogP contribution is -2.62. The largest absolute Gasteiger partial charge is 0.337 e. The summed E-state index contributed by atoms with van der Waals surface area (Å²) in [6.45, 7) is 9.19. The maximum atomic E-state index is 7.75. The minimum atomic E-state index is -0.622. The second-order valence-electron chi connectivity index (χ2n) is 13.7. The van der Waals surface area contributed by atoms with Crippen LogP contribution in [0.5, 0.6) is 0 Å². The molecule has 8 aliphatic rings. The molecule has 8 bridgehead atoms. The first-order valence-electron chi connectivity index (χ1n) is 13.7. The third-order valence-electron chi connectivity index (χ3n) is 11.2. The second-order valence-corrected chi connectivity index (χ2v) is 14.9. The predicted molar refractivity (Wildman–Crippen MR) is 129 cm³/mol. The highest BCUT2D eigenvalue weighted by molar-refractivity contribution is 6.26. The molecule has 8 rings (SSSR count). The van der Waals surface area contributed by atoms with Crippen molar-refractivity contribution in [1.29, 1.82) is 0 Å². The summed E-state index contributed by atoms with van der Waals surface area (Å²) in [5.41, 5.74) is 0. The van der Waals surface area contributed by atoms with E-state index in [0.29, 0.717) is 11.8 Å². The number of halogens is 2. The van der Waals surface area contributed by atoms with E-state index in [2.05, 4.69) is 27.7 Å². The molecule has 31 heavy (non-hydrogen) atoms. The lowest BCUT2D eigenvalue weighted by molar-refractivity contribution is -0.229. The van der Waals surface area contributed by atoms with E-state index < -0.39 is 10.1 Å². The summed E-state index contributed by atoms with van der Waals surface area (Å²) in [4.78, 5) is 0. The van der Waals surface area contributed by atoms with Crippen LogP contribution in [0.2, 0.25) is 0 Å². The normalized spacial score (nSPS) is 51.5. The average molecular weight is 468 g/mol. The molecular weight excluding hydrogens is 423 g/mol. The molecule has 8 aliphatic carbocycles. The molecule has 2 unspecified atom stereocenters. The monoisotopic (exact) mass is 466 g/mol. The molecule has 1 nitrogen and oxygen atoms in total. The number of hydrogen-bond donors (Lipinski definition) is 0. The Bertz CT molecular complexity index is 589. The van der Waals surface area contributed by atoms with Crippen LogP contribution in [0.4, 0.5) is 0 Å². The molecule has 176 valence electrons. The zero-order chi connectivity index (χ0) is 21.7. The van der Waals surface area contributed by atoms with Gasteiger partial charge in [-0.15, -0.1) is 0 Å². The molecule has 0 heterocycles. The van der Waals surface area contributed by atoms with Crippen LogP contribution in [-0.4, -0.2) is 10.1 Å². The zero-order valence-corrected chi connectivity index (χ0v) is 21.7. The van der Waals surface area contributed by atoms with Crippen LogP contribution in [0.25, 0.3) is 0 Å². The van der Waals surface area contributed by atoms with Gasteiger partial charge < -0.3 is 4.74 Å². The van der Waals surface area contributed by atoms with Gasteiger partial charge in [0.2, 0.25) is 0 Å². The van der Waals surface area contributed by atoms with Gasteiger partial charge in [0.05, 0.1) is 0 Å². The summed E-state index contributed by atoms with van der Waals surface area (Å²) in [6.07, 6.45) is 14.1. The van der Waals surface area contributed by atoms with Crippen LogP contribution in [0.1, 0.15) is 91.9 Å². The number of ether oxygens (including phenoxy) is 1. The second kappa shape index (κ2) is 7.52. The van der Waals surface area contributed by atoms with Crippen molar-refractivity contribution < 1.29 is 4.74 Å². The van der Waals surface area contributed by atoms with Gasteiger partial charge in [-0.3, -0.25) is 0 Å². The smallest absolute Gasteiger partial charge is 0.149 e. The fraction of sp³-hybridized carbons (Fsp3) is 1.00. The van der Waals surface area contributed by atoms with E-state index in [1.54, 1.807) is 0 Å². The minimum absolute atomic E-state index is 0.283. The van der Waals surface area contributed by atoms with Crippen molar-refractivity contribution in [2.75, 3.05) is 0 Å². The number of rotatable bonds is 6. The summed E-state index contributed by atoms with van der Waals surface area (Å²) in [5, 5.41) is -1.24. The summed E-state index contributed by atoms with van der Waals surface area (Å²) in [7, 11) is 0. The molecule has 0 aliphatic heterocycles. The summed E-state index contributed by atoms with van der Waals surface area (Å²) >= 11 is 15.5. The van der Waals surface area contributed by atoms with Gasteiger partial charge in [-0.1, -0.05) is 50.9 Å². The summed E-state index contributed by atoms with van der Waals surface area (Å²) < 4.78 is 7.33. The molecule has 0 spiro atoms. The molecular formula is C28H44Cl2O. The van der Waals surface area contributed by atoms with E-state index in [1.807, 2.05) is 0 Å². The van der Waals surface area contributed by atoms with Crippen molar-refractivity contribution in [2.24, 2.45) is 71.0 Å². The number of hydrogen-bond acceptors (Lipinski definition) is 1. The van der Waals surface area contributed by atoms with Crippen LogP contribution in [-0.2, 0) is 4.74 Å². The first kappa shape index (κ1) is 22.0. The van der Waals surface area contributed by atoms with Crippen molar-refractivity contribution in [1.82, 2.24) is 0 Å². The molecule has 8 saturated carbocycles. The van der Waals surface area contributed by atoms with Crippen LogP contribution in [0.15, 0.2) is 0 Å². The Labute approximate surface area is 200 Å². The van der Waals surface area contributed by atoms with Gasteiger partial charge in [-0.05, 0) is 123 Å². The van der Waals surface area contributed by atoms with E-state index >= 15 is 0 Å². The Morgan fingerprint density at radius 3 is 1.00 bits per heavy atom. The molecule has 0 saturated heterocycles. The lowest BCUT2D eigenvalue weighted by Gasteiger charge is -2.63. The standard InChI is InChI=1S/C28H44Cl2O/c1-15(2)27(29,25-21-7-17-5-18(9-21)10-22(25)8-17)31-28(30,16(3)4)26-23-11-19-6-20(13-23)14-24(26)12-19/h15-26H,5-14H2,1-4H3. The molecule has 8 fully saturated rings. The highest BCUT2D eigenvalue weighted by Crippen LogP contribution is 2.66. The van der Waals surface area contributed by atoms with E-state index in [4.69, 9.17) is 27.9 Å². The van der Waals surface area contributed by atoms with Crippen LogP contribution in [0, 0.1) is 71.0 Å². The lowest BCUT2D eigenvalue weighted by atomic mass is 9.49. The van der Waals surface area contributed by atoms with Gasteiger partial charge in [0.15, 0.2) is 0 Å². The number of alkyl halides is 2. The molecule has 0 radical (unpaired) electrons. The van der Waals surface area contributed by atoms with Gasteiger partial charge in [0.1, 0.15) is 10.1 Å². The molecule has 3 heteroatoms. The van der Waals surface area contributed by atoms with Crippen molar-refractivity contribution in [3.63, 3.8) is 0 Å². The molecule has 0 aromatic rings. The topological polar surface area (TPSA) is 9.23 Å². The van der Waals surface area contributed by atoms with Crippen LogP contribution in [0.3, 0.4) is 0 Å². The van der Waals surface area contributed by atoms with E-state index in [0.717, 1.165) is 47.3 Å². The Morgan fingerprint density at radius 1 is 0.516 bits per heavy atom. The van der Waals surface area contributed by atoms with Crippen molar-refractivity contribution in [3.05, 3.63) is 0 Å². The summed E-state index contributed by atoms with van der Waals surface area (Å²) in [5.74, 6) is 8.38. The Hall–Kier alpha value is 0.540. The fourth-order valence-corrected chi connectivity index (χ4v) is 11.5. The summed E-state index contributed by atoms with van der Waals surface area (Å²) in [6, 6.07) is 0. The fourth-order valence-electron chi connectivity index (χ4n) is 10.5. The first-order valence-corrected chi connectivity index (χ1v) is 14.5. The minimum Gasteiger partial charge on any atom is -0.337 e. The van der Waals surface area contributed by atoms with Gasteiger partial charge >= 0.3 is 0 Å². The van der Waals surface area contributed by atoms with Gasteiger partial charge in [0, 0.05) is 11.8 Å². The third kappa shape index (κ3) is 3.32. The molecule has 0 aromatic heterocycles. The molecule has 2 atom stereocenters. The van der Waals surface area contributed by atoms with E-state index in [-0.39, 0.29) is 11.8 Å². The van der Waals surface area contributed by atoms with E-state index in [9.17, 15) is 0 Å². The van der Waals surface area contributed by atoms with E-state index in [1.165, 1.54) is 64.2 Å². The Kier molecular flexibility index (Phi) is 5.34. The molecule has 0 N–H and O–H groups in total. The van der Waals surface area contributed by atoms with Crippen LogP contribution < -0.4 is 0 Å². The van der Waals surface area contributed by atoms with Crippen LogP contribution >= 0.6 is 23.2 Å². The highest BCUT2D eigenvalue weighted by Gasteiger charge is 2.63. The third-order valence-corrected chi connectivity index (χ3v) is 12.8. The van der Waals surface area contributed by atoms with Crippen molar-refractivity contribution in [2.45, 2.75) is 102 Å². The van der Waals surface area contributed by atoms with Gasteiger partial charge in [-0.25, -0.2) is 0 Å². The Morgan fingerprint density at radius 2 is 0.774 bits per heavy atom. The SMILES string of the molecule is CC(C)C(Cl)(OC(Cl)(C(C)C)C1C2CC3CC(C2)CC1C3)C1C2CC3CC(C2)CC1C3.